The van der Waals surface area contributed by atoms with Crippen molar-refractivity contribution in [3.63, 3.8) is 0 Å². The van der Waals surface area contributed by atoms with Gasteiger partial charge in [0.15, 0.2) is 0 Å². The Morgan fingerprint density at radius 2 is 1.74 bits per heavy atom. The number of methoxy groups -OCH3 is 3. The molecular weight excluding hydrogens is 368 g/mol. The first-order valence-electron chi connectivity index (χ1n) is 8.04. The predicted molar refractivity (Wildman–Crippen MR) is 103 cm³/mol. The van der Waals surface area contributed by atoms with Crippen LogP contribution < -0.4 is 14.2 Å². The first kappa shape index (κ1) is 18.6. The smallest absolute Gasteiger partial charge is 0.271 e. The van der Waals surface area contributed by atoms with Crippen molar-refractivity contribution in [3.8, 4) is 23.2 Å². The molecule has 142 valence electrons. The van der Waals surface area contributed by atoms with Gasteiger partial charge in [-0.25, -0.2) is 9.78 Å². The Bertz CT molecular complexity index is 1020. The number of H-pyrrole nitrogens is 1. The molecule has 0 unspecified atom stereocenters. The second-order valence-corrected chi connectivity index (χ2v) is 6.06. The molecule has 3 aromatic rings. The summed E-state index contributed by atoms with van der Waals surface area (Å²) in [6, 6.07) is 5.45. The average Bonchev–Trinajstić information content (AvgIpc) is 3.19. The molecule has 0 atom stereocenters. The van der Waals surface area contributed by atoms with E-state index >= 15 is 0 Å². The molecule has 1 aromatic carbocycles. The molecule has 1 N–H and O–H groups in total. The number of hydrogen-bond acceptors (Lipinski definition) is 7. The normalized spacial score (nSPS) is 11.1. The average molecular weight is 388 g/mol. The first-order valence-corrected chi connectivity index (χ1v) is 8.44. The number of ether oxygens (including phenoxy) is 3. The molecule has 0 amide bonds. The molecule has 0 aliphatic carbocycles. The lowest BCUT2D eigenvalue weighted by Crippen LogP contribution is -2.07. The van der Waals surface area contributed by atoms with Crippen LogP contribution in [0.25, 0.3) is 5.95 Å². The molecule has 0 aliphatic rings. The zero-order valence-electron chi connectivity index (χ0n) is 15.7. The van der Waals surface area contributed by atoms with Crippen LogP contribution in [0.5, 0.6) is 17.2 Å². The Hall–Kier alpha value is -3.14. The van der Waals surface area contributed by atoms with E-state index in [1.54, 1.807) is 44.4 Å². The van der Waals surface area contributed by atoms with Crippen LogP contribution in [-0.4, -0.2) is 52.2 Å². The monoisotopic (exact) mass is 388 g/mol. The molecule has 10 heteroatoms. The van der Waals surface area contributed by atoms with Gasteiger partial charge in [-0.1, -0.05) is 0 Å². The molecule has 3 rings (SSSR count). The van der Waals surface area contributed by atoms with E-state index in [2.05, 4.69) is 20.4 Å². The minimum Gasteiger partial charge on any atom is -0.496 e. The SMILES string of the molecule is COc1cc(OC)c(C=Nn2c(-n3nc(C)cc3C)n[nH]c2=S)c(OC)c1. The number of hydrogen-bond donors (Lipinski definition) is 1. The Morgan fingerprint density at radius 3 is 2.26 bits per heavy atom. The van der Waals surface area contributed by atoms with Gasteiger partial charge in [-0.05, 0) is 32.1 Å². The highest BCUT2D eigenvalue weighted by atomic mass is 32.1. The molecule has 0 aliphatic heterocycles. The Balaban J connectivity index is 2.09. The highest BCUT2D eigenvalue weighted by Crippen LogP contribution is 2.32. The maximum Gasteiger partial charge on any atom is 0.271 e. The lowest BCUT2D eigenvalue weighted by molar-refractivity contribution is 0.374. The summed E-state index contributed by atoms with van der Waals surface area (Å²) in [5.74, 6) is 2.17. The molecule has 2 aromatic heterocycles. The van der Waals surface area contributed by atoms with Gasteiger partial charge >= 0.3 is 0 Å². The van der Waals surface area contributed by atoms with Gasteiger partial charge in [-0.2, -0.15) is 14.9 Å². The van der Waals surface area contributed by atoms with E-state index in [1.807, 2.05) is 19.9 Å². The van der Waals surface area contributed by atoms with Crippen LogP contribution >= 0.6 is 12.2 Å². The summed E-state index contributed by atoms with van der Waals surface area (Å²) in [5, 5.41) is 15.9. The van der Waals surface area contributed by atoms with Crippen LogP contribution in [0.2, 0.25) is 0 Å². The highest BCUT2D eigenvalue weighted by molar-refractivity contribution is 7.71. The number of nitrogens with zero attached hydrogens (tertiary/aromatic N) is 5. The molecule has 0 bridgehead atoms. The minimum absolute atomic E-state index is 0.334. The van der Waals surface area contributed by atoms with Gasteiger partial charge in [0.25, 0.3) is 5.95 Å². The van der Waals surface area contributed by atoms with Crippen LogP contribution in [0, 0.1) is 18.6 Å². The summed E-state index contributed by atoms with van der Waals surface area (Å²) in [6.07, 6.45) is 1.59. The summed E-state index contributed by atoms with van der Waals surface area (Å²) in [6.45, 7) is 3.84. The van der Waals surface area contributed by atoms with Crippen LogP contribution in [0.3, 0.4) is 0 Å². The van der Waals surface area contributed by atoms with Gasteiger partial charge < -0.3 is 14.2 Å². The summed E-state index contributed by atoms with van der Waals surface area (Å²) in [5.41, 5.74) is 2.43. The number of rotatable bonds is 6. The second kappa shape index (κ2) is 7.62. The summed E-state index contributed by atoms with van der Waals surface area (Å²) < 4.78 is 19.6. The third-order valence-electron chi connectivity index (χ3n) is 3.89. The number of nitrogens with one attached hydrogen (secondary N) is 1. The molecule has 0 spiro atoms. The molecule has 0 fully saturated rings. The first-order chi connectivity index (χ1) is 13.0. The van der Waals surface area contributed by atoms with Crippen molar-refractivity contribution in [1.82, 2.24) is 24.7 Å². The van der Waals surface area contributed by atoms with Crippen molar-refractivity contribution in [2.45, 2.75) is 13.8 Å². The Labute approximate surface area is 161 Å². The van der Waals surface area contributed by atoms with Gasteiger partial charge in [0.2, 0.25) is 4.77 Å². The quantitative estimate of drug-likeness (QED) is 0.516. The van der Waals surface area contributed by atoms with Crippen molar-refractivity contribution in [1.29, 1.82) is 0 Å². The fourth-order valence-electron chi connectivity index (χ4n) is 2.63. The van der Waals surface area contributed by atoms with E-state index in [-0.39, 0.29) is 0 Å². The maximum absolute atomic E-state index is 5.44. The number of benzene rings is 1. The third-order valence-corrected chi connectivity index (χ3v) is 4.15. The Morgan fingerprint density at radius 1 is 1.07 bits per heavy atom. The summed E-state index contributed by atoms with van der Waals surface area (Å²) in [4.78, 5) is 0. The van der Waals surface area contributed by atoms with Crippen LogP contribution in [-0.2, 0) is 0 Å². The summed E-state index contributed by atoms with van der Waals surface area (Å²) >= 11 is 5.31. The lowest BCUT2D eigenvalue weighted by Gasteiger charge is -2.12. The molecule has 0 saturated heterocycles. The van der Waals surface area contributed by atoms with Crippen molar-refractivity contribution < 1.29 is 14.2 Å². The fourth-order valence-corrected chi connectivity index (χ4v) is 2.81. The van der Waals surface area contributed by atoms with Gasteiger partial charge in [0.05, 0.1) is 38.8 Å². The maximum atomic E-state index is 5.44. The van der Waals surface area contributed by atoms with E-state index in [1.165, 1.54) is 4.68 Å². The van der Waals surface area contributed by atoms with E-state index in [0.29, 0.717) is 33.5 Å². The van der Waals surface area contributed by atoms with Crippen LogP contribution in [0.15, 0.2) is 23.3 Å². The van der Waals surface area contributed by atoms with Crippen molar-refractivity contribution in [2.24, 2.45) is 5.10 Å². The van der Waals surface area contributed by atoms with Gasteiger partial charge in [-0.15, -0.1) is 5.10 Å². The summed E-state index contributed by atoms with van der Waals surface area (Å²) in [7, 11) is 4.71. The van der Waals surface area contributed by atoms with Crippen LogP contribution in [0.1, 0.15) is 17.0 Å². The number of aromatic nitrogens is 5. The van der Waals surface area contributed by atoms with Gasteiger partial charge in [-0.3, -0.25) is 0 Å². The van der Waals surface area contributed by atoms with Gasteiger partial charge in [0, 0.05) is 17.8 Å². The largest absolute Gasteiger partial charge is 0.496 e. The molecule has 27 heavy (non-hydrogen) atoms. The molecule has 2 heterocycles. The molecule has 0 radical (unpaired) electrons. The minimum atomic E-state index is 0.334. The zero-order chi connectivity index (χ0) is 19.6. The fraction of sp³-hybridized carbons (Fsp3) is 0.294. The number of aryl methyl sites for hydroxylation is 2. The van der Waals surface area contributed by atoms with Crippen molar-refractivity contribution in [3.05, 3.63) is 39.9 Å². The van der Waals surface area contributed by atoms with Crippen molar-refractivity contribution >= 4 is 18.4 Å². The van der Waals surface area contributed by atoms with E-state index in [4.69, 9.17) is 26.4 Å². The van der Waals surface area contributed by atoms with E-state index in [9.17, 15) is 0 Å². The topological polar surface area (TPSA) is 91.5 Å². The van der Waals surface area contributed by atoms with Crippen molar-refractivity contribution in [2.75, 3.05) is 21.3 Å². The Kier molecular flexibility index (Phi) is 5.26. The lowest BCUT2D eigenvalue weighted by atomic mass is 10.2. The molecule has 9 nitrogen and oxygen atoms in total. The number of aromatic amines is 1. The standard InChI is InChI=1S/C17H20N6O3S/c1-10-6-11(2)22(21-10)16-19-20-17(27)23(16)18-9-13-14(25-4)7-12(24-3)8-15(13)26-5/h6-9H,1-5H3,(H,20,27). The zero-order valence-corrected chi connectivity index (χ0v) is 16.5. The molecule has 0 saturated carbocycles. The third kappa shape index (κ3) is 3.56. The van der Waals surface area contributed by atoms with Gasteiger partial charge in [0.1, 0.15) is 17.2 Å². The van der Waals surface area contributed by atoms with Crippen LogP contribution in [0.4, 0.5) is 0 Å². The highest BCUT2D eigenvalue weighted by Gasteiger charge is 2.14. The predicted octanol–water partition coefficient (Wildman–Crippen LogP) is 2.65. The van der Waals surface area contributed by atoms with E-state index in [0.717, 1.165) is 11.4 Å². The van der Waals surface area contributed by atoms with E-state index < -0.39 is 0 Å². The second-order valence-electron chi connectivity index (χ2n) is 5.67. The molecular formula is C17H20N6O3S.